The largest absolute Gasteiger partial charge is 0.457 e. The van der Waals surface area contributed by atoms with Crippen molar-refractivity contribution in [1.82, 2.24) is 0 Å². The number of rotatable bonds is 5. The maximum atomic E-state index is 9.83. The highest BCUT2D eigenvalue weighted by Gasteiger charge is 2.25. The zero-order chi connectivity index (χ0) is 10.5. The van der Waals surface area contributed by atoms with Crippen LogP contribution in [0.2, 0.25) is 0 Å². The summed E-state index contributed by atoms with van der Waals surface area (Å²) in [6.07, 6.45) is 2.03. The number of hydrogen-bond donors (Lipinski definition) is 0. The SMILES string of the molecule is CC(C)(C)CC(C)(C)CCO[C]=O. The van der Waals surface area contributed by atoms with Crippen molar-refractivity contribution in [2.45, 2.75) is 47.5 Å². The molecular formula is C11H21O2. The Hall–Kier alpha value is -0.530. The van der Waals surface area contributed by atoms with E-state index >= 15 is 0 Å². The maximum Gasteiger partial charge on any atom is 0.417 e. The lowest BCUT2D eigenvalue weighted by Crippen LogP contribution is -2.22. The molecule has 1 radical (unpaired) electrons. The van der Waals surface area contributed by atoms with Crippen molar-refractivity contribution in [3.63, 3.8) is 0 Å². The van der Waals surface area contributed by atoms with E-state index in [4.69, 9.17) is 0 Å². The first-order valence-electron chi connectivity index (χ1n) is 4.76. The third-order valence-corrected chi connectivity index (χ3v) is 1.95. The van der Waals surface area contributed by atoms with E-state index in [0.717, 1.165) is 12.8 Å². The molecule has 0 aliphatic rings. The van der Waals surface area contributed by atoms with Gasteiger partial charge >= 0.3 is 6.47 Å². The van der Waals surface area contributed by atoms with E-state index in [2.05, 4.69) is 39.4 Å². The van der Waals surface area contributed by atoms with Crippen LogP contribution in [0.1, 0.15) is 47.5 Å². The fourth-order valence-electron chi connectivity index (χ4n) is 1.89. The topological polar surface area (TPSA) is 26.3 Å². The standard InChI is InChI=1S/C11H21O2/c1-10(2,3)8-11(4,5)6-7-13-9-12/h6-8H2,1-5H3. The van der Waals surface area contributed by atoms with Gasteiger partial charge in [0.05, 0.1) is 6.61 Å². The molecule has 0 saturated heterocycles. The molecule has 0 fully saturated rings. The van der Waals surface area contributed by atoms with Crippen LogP contribution < -0.4 is 0 Å². The summed E-state index contributed by atoms with van der Waals surface area (Å²) in [6, 6.07) is 0. The fraction of sp³-hybridized carbons (Fsp3) is 0.909. The summed E-state index contributed by atoms with van der Waals surface area (Å²) in [5.74, 6) is 0. The van der Waals surface area contributed by atoms with Crippen molar-refractivity contribution < 1.29 is 9.53 Å². The highest BCUT2D eigenvalue weighted by atomic mass is 16.5. The van der Waals surface area contributed by atoms with Crippen molar-refractivity contribution in [1.29, 1.82) is 0 Å². The second-order valence-corrected chi connectivity index (χ2v) is 5.58. The molecule has 13 heavy (non-hydrogen) atoms. The summed E-state index contributed by atoms with van der Waals surface area (Å²) in [5.41, 5.74) is 0.559. The normalized spacial score (nSPS) is 12.7. The van der Waals surface area contributed by atoms with Gasteiger partial charge in [-0.3, -0.25) is 0 Å². The van der Waals surface area contributed by atoms with Crippen LogP contribution in [0.3, 0.4) is 0 Å². The Labute approximate surface area is 81.7 Å². The fourth-order valence-corrected chi connectivity index (χ4v) is 1.89. The Morgan fingerprint density at radius 3 is 2.08 bits per heavy atom. The van der Waals surface area contributed by atoms with Gasteiger partial charge in [0.1, 0.15) is 0 Å². The van der Waals surface area contributed by atoms with E-state index in [1.165, 1.54) is 6.47 Å². The quantitative estimate of drug-likeness (QED) is 0.615. The van der Waals surface area contributed by atoms with Crippen LogP contribution in [0.25, 0.3) is 0 Å². The van der Waals surface area contributed by atoms with E-state index in [1.807, 2.05) is 0 Å². The van der Waals surface area contributed by atoms with Gasteiger partial charge in [-0.25, -0.2) is 4.79 Å². The smallest absolute Gasteiger partial charge is 0.417 e. The summed E-state index contributed by atoms with van der Waals surface area (Å²) in [5, 5.41) is 0. The summed E-state index contributed by atoms with van der Waals surface area (Å²) in [4.78, 5) is 9.83. The zero-order valence-corrected chi connectivity index (χ0v) is 9.44. The van der Waals surface area contributed by atoms with Crippen LogP contribution in [-0.4, -0.2) is 13.1 Å². The third kappa shape index (κ3) is 7.82. The molecule has 0 aliphatic carbocycles. The first-order chi connectivity index (χ1) is 5.77. The molecule has 2 nitrogen and oxygen atoms in total. The summed E-state index contributed by atoms with van der Waals surface area (Å²) in [7, 11) is 0. The molecule has 0 unspecified atom stereocenters. The van der Waals surface area contributed by atoms with Gasteiger partial charge in [-0.1, -0.05) is 34.6 Å². The van der Waals surface area contributed by atoms with Crippen LogP contribution in [0.5, 0.6) is 0 Å². The van der Waals surface area contributed by atoms with Gasteiger partial charge in [0.25, 0.3) is 0 Å². The minimum Gasteiger partial charge on any atom is -0.457 e. The second-order valence-electron chi connectivity index (χ2n) is 5.58. The lowest BCUT2D eigenvalue weighted by Gasteiger charge is -2.32. The van der Waals surface area contributed by atoms with Crippen molar-refractivity contribution in [3.05, 3.63) is 0 Å². The van der Waals surface area contributed by atoms with Gasteiger partial charge in [-0.2, -0.15) is 0 Å². The number of ether oxygens (including phenoxy) is 1. The molecule has 0 aliphatic heterocycles. The Kier molecular flexibility index (Phi) is 4.45. The van der Waals surface area contributed by atoms with Crippen molar-refractivity contribution >= 4 is 6.47 Å². The molecule has 0 atom stereocenters. The van der Waals surface area contributed by atoms with Gasteiger partial charge in [-0.15, -0.1) is 0 Å². The van der Waals surface area contributed by atoms with E-state index in [0.29, 0.717) is 12.0 Å². The van der Waals surface area contributed by atoms with Crippen LogP contribution in [0, 0.1) is 10.8 Å². The molecule has 0 spiro atoms. The first-order valence-corrected chi connectivity index (χ1v) is 4.76. The Morgan fingerprint density at radius 1 is 1.15 bits per heavy atom. The van der Waals surface area contributed by atoms with Crippen LogP contribution in [0.4, 0.5) is 0 Å². The predicted octanol–water partition coefficient (Wildman–Crippen LogP) is 2.92. The molecule has 77 valence electrons. The molecule has 0 heterocycles. The predicted molar refractivity (Wildman–Crippen MR) is 54.1 cm³/mol. The molecule has 0 aromatic rings. The van der Waals surface area contributed by atoms with Crippen molar-refractivity contribution in [2.24, 2.45) is 10.8 Å². The van der Waals surface area contributed by atoms with Crippen molar-refractivity contribution in [3.8, 4) is 0 Å². The molecule has 2 heteroatoms. The van der Waals surface area contributed by atoms with E-state index < -0.39 is 0 Å². The van der Waals surface area contributed by atoms with Crippen molar-refractivity contribution in [2.75, 3.05) is 6.61 Å². The minimum atomic E-state index is 0.231. The molecule has 0 aromatic heterocycles. The Balaban J connectivity index is 3.86. The second kappa shape index (κ2) is 4.64. The van der Waals surface area contributed by atoms with E-state index in [-0.39, 0.29) is 5.41 Å². The summed E-state index contributed by atoms with van der Waals surface area (Å²) < 4.78 is 4.58. The average molecular weight is 185 g/mol. The first kappa shape index (κ1) is 12.5. The van der Waals surface area contributed by atoms with Crippen LogP contribution >= 0.6 is 0 Å². The van der Waals surface area contributed by atoms with E-state index in [1.54, 1.807) is 0 Å². The lowest BCUT2D eigenvalue weighted by atomic mass is 9.75. The number of hydrogen-bond acceptors (Lipinski definition) is 2. The van der Waals surface area contributed by atoms with Gasteiger partial charge in [0, 0.05) is 0 Å². The molecular weight excluding hydrogens is 164 g/mol. The average Bonchev–Trinajstić information content (AvgIpc) is 1.81. The molecule has 0 amide bonds. The summed E-state index contributed by atoms with van der Waals surface area (Å²) in [6.45, 7) is 13.0. The molecule has 0 aromatic carbocycles. The van der Waals surface area contributed by atoms with Crippen LogP contribution in [-0.2, 0) is 9.53 Å². The highest BCUT2D eigenvalue weighted by molar-refractivity contribution is 5.38. The highest BCUT2D eigenvalue weighted by Crippen LogP contribution is 2.35. The third-order valence-electron chi connectivity index (χ3n) is 1.95. The summed E-state index contributed by atoms with van der Waals surface area (Å²) >= 11 is 0. The Bertz CT molecular complexity index is 154. The monoisotopic (exact) mass is 185 g/mol. The molecule has 0 rings (SSSR count). The molecule has 0 N–H and O–H groups in total. The van der Waals surface area contributed by atoms with Gasteiger partial charge < -0.3 is 4.74 Å². The van der Waals surface area contributed by atoms with Gasteiger partial charge in [-0.05, 0) is 23.7 Å². The Morgan fingerprint density at radius 2 is 1.69 bits per heavy atom. The molecule has 0 saturated carbocycles. The zero-order valence-electron chi connectivity index (χ0n) is 9.44. The van der Waals surface area contributed by atoms with Crippen LogP contribution in [0.15, 0.2) is 0 Å². The number of carbonyl (C=O) groups excluding carboxylic acids is 1. The van der Waals surface area contributed by atoms with E-state index in [9.17, 15) is 4.79 Å². The molecule has 0 bridgehead atoms. The van der Waals surface area contributed by atoms with Gasteiger partial charge in [0.15, 0.2) is 0 Å². The van der Waals surface area contributed by atoms with Gasteiger partial charge in [0.2, 0.25) is 0 Å². The maximum absolute atomic E-state index is 9.83. The minimum absolute atomic E-state index is 0.231. The lowest BCUT2D eigenvalue weighted by molar-refractivity contribution is 0.156.